The molecule has 1 fully saturated rings. The van der Waals surface area contributed by atoms with E-state index in [1.54, 1.807) is 6.20 Å². The lowest BCUT2D eigenvalue weighted by molar-refractivity contribution is 0.102. The van der Waals surface area contributed by atoms with Gasteiger partial charge in [0, 0.05) is 23.8 Å². The number of nitrogens with one attached hydrogen (secondary N) is 1. The lowest BCUT2D eigenvalue weighted by atomic mass is 10.1. The largest absolute Gasteiger partial charge is 0.322 e. The van der Waals surface area contributed by atoms with E-state index in [9.17, 15) is 4.79 Å². The highest BCUT2D eigenvalue weighted by atomic mass is 16.1. The van der Waals surface area contributed by atoms with Gasteiger partial charge in [0.25, 0.3) is 5.91 Å². The third kappa shape index (κ3) is 2.77. The molecule has 0 saturated heterocycles. The van der Waals surface area contributed by atoms with Gasteiger partial charge in [-0.25, -0.2) is 9.67 Å². The normalized spacial score (nSPS) is 14.0. The molecule has 1 aliphatic rings. The van der Waals surface area contributed by atoms with Crippen LogP contribution in [0.2, 0.25) is 0 Å². The van der Waals surface area contributed by atoms with E-state index in [4.69, 9.17) is 4.98 Å². The van der Waals surface area contributed by atoms with E-state index in [0.29, 0.717) is 11.5 Å². The number of fused-ring (bicyclic) bond motifs is 1. The Balaban J connectivity index is 1.76. The fourth-order valence-electron chi connectivity index (χ4n) is 2.94. The van der Waals surface area contributed by atoms with E-state index in [1.165, 1.54) is 0 Å². The third-order valence-electron chi connectivity index (χ3n) is 4.34. The Hall–Kier alpha value is -2.69. The highest BCUT2D eigenvalue weighted by Gasteiger charge is 2.28. The molecular weight excluding hydrogens is 300 g/mol. The monoisotopic (exact) mass is 320 g/mol. The number of benzene rings is 1. The molecule has 1 amide bonds. The summed E-state index contributed by atoms with van der Waals surface area (Å²) in [6, 6.07) is 11.5. The van der Waals surface area contributed by atoms with Crippen LogP contribution in [0.5, 0.6) is 0 Å². The van der Waals surface area contributed by atoms with Crippen LogP contribution in [0.4, 0.5) is 5.69 Å². The van der Waals surface area contributed by atoms with E-state index < -0.39 is 0 Å². The lowest BCUT2D eigenvalue weighted by Crippen LogP contribution is -2.13. The second kappa shape index (κ2) is 6.07. The number of nitrogens with zero attached hydrogens (tertiary/aromatic N) is 3. The smallest absolute Gasteiger partial charge is 0.256 e. The van der Waals surface area contributed by atoms with Gasteiger partial charge < -0.3 is 5.32 Å². The molecular formula is C19H20N4O. The van der Waals surface area contributed by atoms with Crippen LogP contribution in [0.15, 0.2) is 42.6 Å². The van der Waals surface area contributed by atoms with E-state index in [1.807, 2.05) is 41.1 Å². The minimum atomic E-state index is -0.105. The minimum absolute atomic E-state index is 0.105. The van der Waals surface area contributed by atoms with Gasteiger partial charge in [-0.1, -0.05) is 25.1 Å². The van der Waals surface area contributed by atoms with Crippen molar-refractivity contribution >= 4 is 22.6 Å². The Labute approximate surface area is 140 Å². The highest BCUT2D eigenvalue weighted by Crippen LogP contribution is 2.40. The number of hydrogen-bond donors (Lipinski definition) is 1. The van der Waals surface area contributed by atoms with Gasteiger partial charge in [-0.05, 0) is 37.5 Å². The lowest BCUT2D eigenvalue weighted by Gasteiger charge is -2.09. The van der Waals surface area contributed by atoms with Gasteiger partial charge in [0.2, 0.25) is 0 Å². The van der Waals surface area contributed by atoms with Crippen LogP contribution in [0.1, 0.15) is 48.2 Å². The molecule has 4 rings (SSSR count). The number of pyridine rings is 1. The van der Waals surface area contributed by atoms with Crippen molar-refractivity contribution in [2.24, 2.45) is 0 Å². The second-order valence-electron chi connectivity index (χ2n) is 6.29. The number of rotatable bonds is 5. The summed E-state index contributed by atoms with van der Waals surface area (Å²) in [7, 11) is 0. The summed E-state index contributed by atoms with van der Waals surface area (Å²) in [5, 5.41) is 8.23. The summed E-state index contributed by atoms with van der Waals surface area (Å²) in [4.78, 5) is 17.6. The minimum Gasteiger partial charge on any atom is -0.322 e. The maximum atomic E-state index is 12.8. The third-order valence-corrected chi connectivity index (χ3v) is 4.34. The van der Waals surface area contributed by atoms with Crippen LogP contribution in [0.3, 0.4) is 0 Å². The van der Waals surface area contributed by atoms with E-state index >= 15 is 0 Å². The first-order valence-corrected chi connectivity index (χ1v) is 8.49. The van der Waals surface area contributed by atoms with Crippen molar-refractivity contribution in [3.8, 4) is 0 Å². The summed E-state index contributed by atoms with van der Waals surface area (Å²) in [6.45, 7) is 2.92. The number of aromatic nitrogens is 3. The number of aryl methyl sites for hydroxylation is 1. The molecule has 1 aliphatic carbocycles. The maximum absolute atomic E-state index is 12.8. The molecule has 1 N–H and O–H groups in total. The average molecular weight is 320 g/mol. The molecule has 0 radical (unpaired) electrons. The molecule has 2 heterocycles. The van der Waals surface area contributed by atoms with Crippen molar-refractivity contribution in [1.29, 1.82) is 0 Å². The molecule has 5 heteroatoms. The summed E-state index contributed by atoms with van der Waals surface area (Å²) >= 11 is 0. The van der Waals surface area contributed by atoms with Crippen molar-refractivity contribution in [2.45, 2.75) is 38.6 Å². The van der Waals surface area contributed by atoms with Gasteiger partial charge in [-0.3, -0.25) is 4.79 Å². The van der Waals surface area contributed by atoms with Gasteiger partial charge >= 0.3 is 0 Å². The van der Waals surface area contributed by atoms with E-state index in [0.717, 1.165) is 48.2 Å². The van der Waals surface area contributed by atoms with Gasteiger partial charge in [-0.15, -0.1) is 0 Å². The van der Waals surface area contributed by atoms with Gasteiger partial charge in [-0.2, -0.15) is 5.10 Å². The second-order valence-corrected chi connectivity index (χ2v) is 6.29. The van der Waals surface area contributed by atoms with Crippen LogP contribution in [-0.4, -0.2) is 20.7 Å². The molecule has 2 aromatic heterocycles. The number of hydrogen-bond acceptors (Lipinski definition) is 3. The Kier molecular flexibility index (Phi) is 3.76. The molecule has 1 aromatic carbocycles. The average Bonchev–Trinajstić information content (AvgIpc) is 3.38. The van der Waals surface area contributed by atoms with Crippen LogP contribution in [-0.2, 0) is 6.54 Å². The van der Waals surface area contributed by atoms with Crippen molar-refractivity contribution < 1.29 is 4.79 Å². The SMILES string of the molecule is CCCn1ncc2c(C(=O)Nc3ccccc3)cc(C3CC3)nc21. The van der Waals surface area contributed by atoms with Gasteiger partial charge in [0.15, 0.2) is 5.65 Å². The first-order chi connectivity index (χ1) is 11.8. The van der Waals surface area contributed by atoms with Crippen LogP contribution in [0.25, 0.3) is 11.0 Å². The molecule has 122 valence electrons. The summed E-state index contributed by atoms with van der Waals surface area (Å²) in [6.07, 6.45) is 5.05. The molecule has 1 saturated carbocycles. The summed E-state index contributed by atoms with van der Waals surface area (Å²) in [5.41, 5.74) is 3.28. The van der Waals surface area contributed by atoms with Crippen molar-refractivity contribution in [3.63, 3.8) is 0 Å². The first-order valence-electron chi connectivity index (χ1n) is 8.49. The predicted octanol–water partition coefficient (Wildman–Crippen LogP) is 3.97. The Morgan fingerprint density at radius 2 is 2.08 bits per heavy atom. The fraction of sp³-hybridized carbons (Fsp3) is 0.316. The zero-order valence-electron chi connectivity index (χ0n) is 13.7. The van der Waals surface area contributed by atoms with Crippen molar-refractivity contribution in [2.75, 3.05) is 5.32 Å². The number of carbonyl (C=O) groups excluding carboxylic acids is 1. The van der Waals surface area contributed by atoms with Crippen LogP contribution in [0, 0.1) is 0 Å². The number of anilines is 1. The Bertz CT molecular complexity index is 881. The predicted molar refractivity (Wildman–Crippen MR) is 94.2 cm³/mol. The topological polar surface area (TPSA) is 59.8 Å². The molecule has 0 aliphatic heterocycles. The Morgan fingerprint density at radius 1 is 1.29 bits per heavy atom. The highest BCUT2D eigenvalue weighted by molar-refractivity contribution is 6.12. The van der Waals surface area contributed by atoms with Gasteiger partial charge in [0.1, 0.15) is 0 Å². The number of amides is 1. The quantitative estimate of drug-likeness (QED) is 0.774. The maximum Gasteiger partial charge on any atom is 0.256 e. The summed E-state index contributed by atoms with van der Waals surface area (Å²) in [5.74, 6) is 0.384. The Morgan fingerprint density at radius 3 is 2.79 bits per heavy atom. The zero-order chi connectivity index (χ0) is 16.5. The van der Waals surface area contributed by atoms with Crippen molar-refractivity contribution in [3.05, 3.63) is 53.9 Å². The standard InChI is InChI=1S/C19H20N4O/c1-2-10-23-18-16(12-20-23)15(11-17(22-18)13-8-9-13)19(24)21-14-6-4-3-5-7-14/h3-7,11-13H,2,8-10H2,1H3,(H,21,24). The molecule has 3 aromatic rings. The van der Waals surface area contributed by atoms with Crippen LogP contribution < -0.4 is 5.32 Å². The van der Waals surface area contributed by atoms with Crippen LogP contribution >= 0.6 is 0 Å². The molecule has 0 spiro atoms. The first kappa shape index (κ1) is 14.9. The summed E-state index contributed by atoms with van der Waals surface area (Å²) < 4.78 is 1.90. The zero-order valence-corrected chi connectivity index (χ0v) is 13.7. The number of carbonyl (C=O) groups is 1. The number of para-hydroxylation sites is 1. The molecule has 5 nitrogen and oxygen atoms in total. The van der Waals surface area contributed by atoms with E-state index in [2.05, 4.69) is 17.3 Å². The fourth-order valence-corrected chi connectivity index (χ4v) is 2.94. The van der Waals surface area contributed by atoms with Crippen molar-refractivity contribution in [1.82, 2.24) is 14.8 Å². The molecule has 0 bridgehead atoms. The molecule has 24 heavy (non-hydrogen) atoms. The van der Waals surface area contributed by atoms with Gasteiger partial charge in [0.05, 0.1) is 17.1 Å². The van der Waals surface area contributed by atoms with E-state index in [-0.39, 0.29) is 5.91 Å². The molecule has 0 unspecified atom stereocenters. The molecule has 0 atom stereocenters.